The molecule has 0 saturated carbocycles. The third kappa shape index (κ3) is 10.6. The second kappa shape index (κ2) is 21.8. The van der Waals surface area contributed by atoms with Crippen LogP contribution in [0.4, 0.5) is 15.0 Å². The number of rotatable bonds is 17. The van der Waals surface area contributed by atoms with Gasteiger partial charge in [0, 0.05) is 49.7 Å². The molecule has 6 atom stereocenters. The maximum atomic E-state index is 17.8. The van der Waals surface area contributed by atoms with Crippen molar-refractivity contribution in [2.45, 2.75) is 140 Å². The summed E-state index contributed by atoms with van der Waals surface area (Å²) in [7, 11) is 7.20. The number of nitrogens with zero attached hydrogens (tertiary/aromatic N) is 8. The molecule has 5 fully saturated rings. The fourth-order valence-corrected chi connectivity index (χ4v) is 13.2. The molecular weight excluding hydrogens is 976 g/mol. The average Bonchev–Trinajstić information content (AvgIpc) is 4.19. The molecule has 5 aliphatic rings. The lowest BCUT2D eigenvalue weighted by molar-refractivity contribution is -0.144. The number of anilines is 1. The molecule has 1 amide bonds. The molecule has 0 spiro atoms. The van der Waals surface area contributed by atoms with Crippen LogP contribution in [-0.2, 0) is 25.4 Å². The van der Waals surface area contributed by atoms with E-state index in [9.17, 15) is 9.59 Å². The first-order valence-electron chi connectivity index (χ1n) is 26.9. The Hall–Kier alpha value is -5.63. The molecule has 3 unspecified atom stereocenters. The Bertz CT molecular complexity index is 2860. The van der Waals surface area contributed by atoms with E-state index in [1.807, 2.05) is 63.8 Å². The van der Waals surface area contributed by atoms with Crippen molar-refractivity contribution in [2.24, 2.45) is 11.8 Å². The number of aromatic nitrogens is 4. The molecular formula is C56H72FN8O9Si. The van der Waals surface area contributed by atoms with Crippen LogP contribution in [0.1, 0.15) is 110 Å². The molecule has 5 saturated heterocycles. The van der Waals surface area contributed by atoms with Crippen LogP contribution in [0.5, 0.6) is 17.6 Å². The molecule has 3 radical (unpaired) electrons. The topological polar surface area (TPSA) is 167 Å². The van der Waals surface area contributed by atoms with E-state index in [2.05, 4.69) is 43.1 Å². The normalized spacial score (nSPS) is 23.3. The summed E-state index contributed by atoms with van der Waals surface area (Å²) in [5, 5.41) is 6.37. The largest absolute Gasteiger partial charge is 0.475 e. The first-order valence-corrected chi connectivity index (χ1v) is 27.5. The molecule has 3 aromatic heterocycles. The van der Waals surface area contributed by atoms with Crippen molar-refractivity contribution in [1.29, 1.82) is 0 Å². The van der Waals surface area contributed by atoms with E-state index in [1.54, 1.807) is 19.4 Å². The number of piperazine rings is 1. The minimum absolute atomic E-state index is 0.0142. The first kappa shape index (κ1) is 52.8. The van der Waals surface area contributed by atoms with E-state index in [0.717, 1.165) is 93.8 Å². The van der Waals surface area contributed by atoms with Gasteiger partial charge in [0.25, 0.3) is 5.88 Å². The summed E-state index contributed by atoms with van der Waals surface area (Å²) in [4.78, 5) is 50.1. The Morgan fingerprint density at radius 1 is 0.960 bits per heavy atom. The summed E-state index contributed by atoms with van der Waals surface area (Å²) < 4.78 is 58.3. The van der Waals surface area contributed by atoms with Gasteiger partial charge in [-0.1, -0.05) is 39.0 Å². The number of esters is 1. The molecule has 401 valence electrons. The lowest BCUT2D eigenvalue weighted by atomic mass is 9.93. The summed E-state index contributed by atoms with van der Waals surface area (Å²) >= 11 is 0. The third-order valence-corrected chi connectivity index (χ3v) is 17.0. The van der Waals surface area contributed by atoms with Gasteiger partial charge in [-0.3, -0.25) is 19.6 Å². The molecule has 0 aliphatic carbocycles. The summed E-state index contributed by atoms with van der Waals surface area (Å²) in [6.45, 7) is 16.3. The van der Waals surface area contributed by atoms with Crippen molar-refractivity contribution in [3.05, 3.63) is 59.7 Å². The van der Waals surface area contributed by atoms with Crippen LogP contribution in [0.15, 0.2) is 47.1 Å². The number of carbonyl (C=O) groups excluding carboxylic acids is 2. The fraction of sp³-hybridized carbons (Fsp3) is 0.607. The molecule has 19 heteroatoms. The number of hydrogen-bond donors (Lipinski definition) is 0. The van der Waals surface area contributed by atoms with Gasteiger partial charge >= 0.3 is 18.1 Å². The van der Waals surface area contributed by atoms with Gasteiger partial charge in [-0.05, 0) is 144 Å². The van der Waals surface area contributed by atoms with Crippen LogP contribution in [0, 0.1) is 17.7 Å². The SMILES string of the molecule is CCc1cccc2cc(OCOC)cc(-c3ncc4c(N5CC6CCC(C5)N6C(=O)OC(C)(C)C)nc(OC[C@@]56CCCN5[C@H]([C@H]([Si])N5CCC(COc7cc(C(C(=O)OC)C(C)C)on7)CC5)CC6)nc4c3F)c12. The second-order valence-electron chi connectivity index (χ2n) is 22.5. The lowest BCUT2D eigenvalue weighted by Gasteiger charge is -2.43. The monoisotopic (exact) mass is 1050 g/mol. The Labute approximate surface area is 442 Å². The van der Waals surface area contributed by atoms with Crippen LogP contribution in [0.3, 0.4) is 0 Å². The van der Waals surface area contributed by atoms with E-state index < -0.39 is 17.3 Å². The molecule has 5 aliphatic heterocycles. The molecule has 17 nitrogen and oxygen atoms in total. The van der Waals surface area contributed by atoms with Crippen molar-refractivity contribution >= 4 is 49.8 Å². The van der Waals surface area contributed by atoms with E-state index >= 15 is 4.39 Å². The van der Waals surface area contributed by atoms with Crippen LogP contribution in [0.2, 0.25) is 0 Å². The molecule has 5 aromatic rings. The number of methoxy groups -OCH3 is 2. The quantitative estimate of drug-likeness (QED) is 0.0493. The van der Waals surface area contributed by atoms with Crippen LogP contribution in [0.25, 0.3) is 32.9 Å². The number of fused-ring (bicyclic) bond motifs is 5. The summed E-state index contributed by atoms with van der Waals surface area (Å²) in [6.07, 6.45) is 9.65. The average molecular weight is 1050 g/mol. The number of hydrogen-bond acceptors (Lipinski definition) is 16. The molecule has 2 aromatic carbocycles. The van der Waals surface area contributed by atoms with Crippen LogP contribution >= 0.6 is 0 Å². The van der Waals surface area contributed by atoms with Crippen molar-refractivity contribution < 1.29 is 46.9 Å². The van der Waals surface area contributed by atoms with E-state index in [4.69, 9.17) is 47.9 Å². The minimum atomic E-state index is -0.626. The zero-order chi connectivity index (χ0) is 52.8. The highest BCUT2D eigenvalue weighted by molar-refractivity contribution is 6.12. The first-order chi connectivity index (χ1) is 36.1. The number of likely N-dealkylation sites (tertiary alicyclic amines) is 1. The Balaban J connectivity index is 0.887. The maximum absolute atomic E-state index is 17.8. The summed E-state index contributed by atoms with van der Waals surface area (Å²) in [5.41, 5.74) is 1.20. The van der Waals surface area contributed by atoms with Gasteiger partial charge < -0.3 is 42.7 Å². The predicted molar refractivity (Wildman–Crippen MR) is 282 cm³/mol. The lowest BCUT2D eigenvalue weighted by Crippen LogP contribution is -2.57. The summed E-state index contributed by atoms with van der Waals surface area (Å²) in [6, 6.07) is 11.7. The van der Waals surface area contributed by atoms with Gasteiger partial charge in [0.2, 0.25) is 0 Å². The van der Waals surface area contributed by atoms with Gasteiger partial charge in [-0.15, -0.1) is 0 Å². The van der Waals surface area contributed by atoms with E-state index in [0.29, 0.717) is 66.4 Å². The Morgan fingerprint density at radius 2 is 1.73 bits per heavy atom. The van der Waals surface area contributed by atoms with Gasteiger partial charge in [0.15, 0.2) is 18.4 Å². The Morgan fingerprint density at radius 3 is 2.44 bits per heavy atom. The fourth-order valence-electron chi connectivity index (χ4n) is 12.6. The zero-order valence-corrected chi connectivity index (χ0v) is 45.7. The van der Waals surface area contributed by atoms with Crippen molar-refractivity contribution in [3.8, 4) is 28.9 Å². The highest BCUT2D eigenvalue weighted by Crippen LogP contribution is 2.46. The van der Waals surface area contributed by atoms with Crippen molar-refractivity contribution in [2.75, 3.05) is 71.8 Å². The standard InChI is InChI=1S/C56H72FN8O9Si/c1-9-35-12-10-13-36-24-39(72-32-68-7)25-40(46(35)36)48-47(57)49-41(27-58-48)50(63-28-37-14-15-38(29-63)65(37)54(67)73-55(4,5)6)60-53(59-49)71-31-56-19-11-21-64(56)42(16-20-56)51(75)62-22-17-34(18-23-62)30-70-44-26-43(74-61-44)45(33(2)3)52(66)69-8/h10,12-13,24-27,33-34,37-38,42,45,51H,9,11,14-23,28-32H2,1-8H3/t37?,38?,42-,45?,51-,56-/m0/s1. The number of benzene rings is 2. The summed E-state index contributed by atoms with van der Waals surface area (Å²) in [5.74, 6) is 0.769. The van der Waals surface area contributed by atoms with E-state index in [-0.39, 0.29) is 71.3 Å². The molecule has 10 rings (SSSR count). The highest BCUT2D eigenvalue weighted by Gasteiger charge is 2.52. The van der Waals surface area contributed by atoms with Gasteiger partial charge in [-0.25, -0.2) is 9.18 Å². The van der Waals surface area contributed by atoms with Gasteiger partial charge in [0.05, 0.1) is 47.0 Å². The second-order valence-corrected chi connectivity index (χ2v) is 23.1. The minimum Gasteiger partial charge on any atom is -0.475 e. The number of carbonyl (C=O) groups is 2. The Kier molecular flexibility index (Phi) is 15.3. The van der Waals surface area contributed by atoms with Crippen molar-refractivity contribution in [3.63, 3.8) is 0 Å². The van der Waals surface area contributed by atoms with Gasteiger partial charge in [0.1, 0.15) is 40.9 Å². The smallest absolute Gasteiger partial charge is 0.410 e. The number of aryl methyl sites for hydroxylation is 1. The molecule has 75 heavy (non-hydrogen) atoms. The number of ether oxygens (including phenoxy) is 6. The van der Waals surface area contributed by atoms with Crippen molar-refractivity contribution in [1.82, 2.24) is 34.8 Å². The van der Waals surface area contributed by atoms with Crippen LogP contribution in [-0.4, -0.2) is 159 Å². The van der Waals surface area contributed by atoms with Gasteiger partial charge in [-0.2, -0.15) is 9.97 Å². The number of amides is 1. The number of pyridine rings is 1. The number of halogens is 1. The molecule has 8 heterocycles. The third-order valence-electron chi connectivity index (χ3n) is 16.3. The zero-order valence-electron chi connectivity index (χ0n) is 44.7. The maximum Gasteiger partial charge on any atom is 0.410 e. The number of piperidine rings is 1. The molecule has 0 N–H and O–H groups in total. The molecule has 2 bridgehead atoms. The highest BCUT2D eigenvalue weighted by atomic mass is 28.1. The van der Waals surface area contributed by atoms with Crippen LogP contribution < -0.4 is 19.1 Å². The predicted octanol–water partition coefficient (Wildman–Crippen LogP) is 8.68. The van der Waals surface area contributed by atoms with E-state index in [1.165, 1.54) is 7.11 Å².